The van der Waals surface area contributed by atoms with Crippen molar-refractivity contribution in [1.82, 2.24) is 25.0 Å². The molecule has 0 bridgehead atoms. The molecule has 7 heteroatoms. The summed E-state index contributed by atoms with van der Waals surface area (Å²) in [6.07, 6.45) is 0. The van der Waals surface area contributed by atoms with Gasteiger partial charge in [-0.2, -0.15) is 9.97 Å². The molecule has 6 nitrogen and oxygen atoms in total. The molecule has 0 fully saturated rings. The maximum Gasteiger partial charge on any atom is 0.223 e. The van der Waals surface area contributed by atoms with Gasteiger partial charge in [-0.25, -0.2) is 4.68 Å². The number of hydrogen-bond donors (Lipinski definition) is 1. The fourth-order valence-corrected chi connectivity index (χ4v) is 1.91. The number of anilines is 1. The van der Waals surface area contributed by atoms with Crippen LogP contribution in [0.4, 0.5) is 5.95 Å². The average Bonchev–Trinajstić information content (AvgIpc) is 2.74. The number of nitrogens with two attached hydrogens (primary N) is 1. The molecule has 18 heavy (non-hydrogen) atoms. The summed E-state index contributed by atoms with van der Waals surface area (Å²) in [5, 5.41) is 8.19. The SMILES string of the molecule is Nc1nc(Cl)c2nnn(Cc3ccccc3)c2n1. The van der Waals surface area contributed by atoms with Crippen LogP contribution >= 0.6 is 11.6 Å². The monoisotopic (exact) mass is 260 g/mol. The van der Waals surface area contributed by atoms with Crippen molar-refractivity contribution < 1.29 is 0 Å². The van der Waals surface area contributed by atoms with Gasteiger partial charge >= 0.3 is 0 Å². The van der Waals surface area contributed by atoms with Crippen molar-refractivity contribution in [3.63, 3.8) is 0 Å². The molecule has 0 saturated heterocycles. The van der Waals surface area contributed by atoms with Crippen LogP contribution in [0.3, 0.4) is 0 Å². The largest absolute Gasteiger partial charge is 0.368 e. The van der Waals surface area contributed by atoms with E-state index in [1.54, 1.807) is 4.68 Å². The zero-order valence-electron chi connectivity index (χ0n) is 9.29. The number of benzene rings is 1. The Morgan fingerprint density at radius 2 is 1.94 bits per heavy atom. The van der Waals surface area contributed by atoms with E-state index in [2.05, 4.69) is 20.3 Å². The van der Waals surface area contributed by atoms with Gasteiger partial charge in [-0.05, 0) is 5.56 Å². The molecule has 0 aliphatic rings. The Labute approximate surface area is 107 Å². The number of nitrogens with zero attached hydrogens (tertiary/aromatic N) is 5. The zero-order valence-corrected chi connectivity index (χ0v) is 10.0. The van der Waals surface area contributed by atoms with Gasteiger partial charge in [0.2, 0.25) is 5.95 Å². The van der Waals surface area contributed by atoms with Crippen LogP contribution in [0.5, 0.6) is 0 Å². The number of aromatic nitrogens is 5. The summed E-state index contributed by atoms with van der Waals surface area (Å²) < 4.78 is 1.65. The van der Waals surface area contributed by atoms with E-state index in [4.69, 9.17) is 17.3 Å². The van der Waals surface area contributed by atoms with Crippen molar-refractivity contribution >= 4 is 28.7 Å². The minimum atomic E-state index is 0.115. The lowest BCUT2D eigenvalue weighted by Crippen LogP contribution is -2.04. The molecule has 0 radical (unpaired) electrons. The van der Waals surface area contributed by atoms with Crippen molar-refractivity contribution in [2.75, 3.05) is 5.73 Å². The fourth-order valence-electron chi connectivity index (χ4n) is 1.70. The first kappa shape index (κ1) is 10.9. The third-order valence-corrected chi connectivity index (χ3v) is 2.78. The Balaban J connectivity index is 2.08. The second-order valence-electron chi connectivity index (χ2n) is 3.78. The molecule has 2 N–H and O–H groups in total. The van der Waals surface area contributed by atoms with Gasteiger partial charge in [-0.3, -0.25) is 0 Å². The third kappa shape index (κ3) is 1.86. The van der Waals surface area contributed by atoms with E-state index < -0.39 is 0 Å². The summed E-state index contributed by atoms with van der Waals surface area (Å²) in [5.41, 5.74) is 7.66. The first-order valence-electron chi connectivity index (χ1n) is 5.30. The topological polar surface area (TPSA) is 82.5 Å². The molecule has 0 aliphatic carbocycles. The fraction of sp³-hybridized carbons (Fsp3) is 0.0909. The number of rotatable bonds is 2. The first-order valence-corrected chi connectivity index (χ1v) is 5.68. The minimum Gasteiger partial charge on any atom is -0.368 e. The standard InChI is InChI=1S/C11H9ClN6/c12-9-8-10(15-11(13)14-9)18(17-16-8)6-7-4-2-1-3-5-7/h1-5H,6H2,(H2,13,14,15). The lowest BCUT2D eigenvalue weighted by Gasteiger charge is -2.02. The first-order chi connectivity index (χ1) is 8.74. The van der Waals surface area contributed by atoms with Crippen molar-refractivity contribution in [2.45, 2.75) is 6.54 Å². The summed E-state index contributed by atoms with van der Waals surface area (Å²) in [7, 11) is 0. The number of fused-ring (bicyclic) bond motifs is 1. The van der Waals surface area contributed by atoms with Gasteiger partial charge in [0, 0.05) is 0 Å². The van der Waals surface area contributed by atoms with Crippen LogP contribution in [0.1, 0.15) is 5.56 Å². The van der Waals surface area contributed by atoms with Crippen LogP contribution in [0.15, 0.2) is 30.3 Å². The van der Waals surface area contributed by atoms with Crippen molar-refractivity contribution in [2.24, 2.45) is 0 Å². The van der Waals surface area contributed by atoms with Gasteiger partial charge in [0.25, 0.3) is 0 Å². The van der Waals surface area contributed by atoms with Gasteiger partial charge in [-0.1, -0.05) is 47.1 Å². The van der Waals surface area contributed by atoms with Gasteiger partial charge in [0.1, 0.15) is 0 Å². The lowest BCUT2D eigenvalue weighted by molar-refractivity contribution is 0.664. The van der Waals surface area contributed by atoms with Gasteiger partial charge in [0.05, 0.1) is 6.54 Å². The van der Waals surface area contributed by atoms with Gasteiger partial charge < -0.3 is 5.73 Å². The molecule has 0 aliphatic heterocycles. The van der Waals surface area contributed by atoms with E-state index in [0.717, 1.165) is 5.56 Å². The van der Waals surface area contributed by atoms with Crippen molar-refractivity contribution in [3.8, 4) is 0 Å². The predicted octanol–water partition coefficient (Wildman–Crippen LogP) is 1.51. The number of hydrogen-bond acceptors (Lipinski definition) is 5. The number of nitrogen functional groups attached to an aromatic ring is 1. The molecule has 0 saturated carbocycles. The highest BCUT2D eigenvalue weighted by atomic mass is 35.5. The van der Waals surface area contributed by atoms with E-state index in [1.165, 1.54) is 0 Å². The highest BCUT2D eigenvalue weighted by Crippen LogP contribution is 2.18. The van der Waals surface area contributed by atoms with Crippen LogP contribution in [0.2, 0.25) is 5.15 Å². The predicted molar refractivity (Wildman–Crippen MR) is 68.1 cm³/mol. The number of halogens is 1. The van der Waals surface area contributed by atoms with Gasteiger partial charge in [0.15, 0.2) is 16.3 Å². The molecular formula is C11H9ClN6. The molecule has 3 rings (SSSR count). The molecular weight excluding hydrogens is 252 g/mol. The Kier molecular flexibility index (Phi) is 2.56. The van der Waals surface area contributed by atoms with Crippen LogP contribution in [0.25, 0.3) is 11.2 Å². The molecule has 1 aromatic carbocycles. The quantitative estimate of drug-likeness (QED) is 0.706. The van der Waals surface area contributed by atoms with Gasteiger partial charge in [-0.15, -0.1) is 5.10 Å². The molecule has 3 aromatic rings. The van der Waals surface area contributed by atoms with Crippen LogP contribution in [0, 0.1) is 0 Å². The maximum atomic E-state index is 5.93. The molecule has 0 unspecified atom stereocenters. The second-order valence-corrected chi connectivity index (χ2v) is 4.14. The minimum absolute atomic E-state index is 0.115. The van der Waals surface area contributed by atoms with E-state index in [9.17, 15) is 0 Å². The van der Waals surface area contributed by atoms with Crippen molar-refractivity contribution in [1.29, 1.82) is 0 Å². The molecule has 2 heterocycles. The Morgan fingerprint density at radius 3 is 2.72 bits per heavy atom. The molecule has 0 atom stereocenters. The average molecular weight is 261 g/mol. The van der Waals surface area contributed by atoms with E-state index >= 15 is 0 Å². The Morgan fingerprint density at radius 1 is 1.17 bits per heavy atom. The second kappa shape index (κ2) is 4.23. The highest BCUT2D eigenvalue weighted by Gasteiger charge is 2.12. The smallest absolute Gasteiger partial charge is 0.223 e. The lowest BCUT2D eigenvalue weighted by atomic mass is 10.2. The summed E-state index contributed by atoms with van der Waals surface area (Å²) in [6, 6.07) is 9.88. The Hall–Kier alpha value is -2.21. The normalized spacial score (nSPS) is 10.9. The van der Waals surface area contributed by atoms with E-state index in [0.29, 0.717) is 17.7 Å². The van der Waals surface area contributed by atoms with E-state index in [1.807, 2.05) is 30.3 Å². The van der Waals surface area contributed by atoms with E-state index in [-0.39, 0.29) is 11.1 Å². The maximum absolute atomic E-state index is 5.93. The molecule has 2 aromatic heterocycles. The van der Waals surface area contributed by atoms with Crippen LogP contribution in [-0.4, -0.2) is 25.0 Å². The molecule has 90 valence electrons. The summed E-state index contributed by atoms with van der Waals surface area (Å²) >= 11 is 5.93. The molecule has 0 spiro atoms. The third-order valence-electron chi connectivity index (χ3n) is 2.51. The van der Waals surface area contributed by atoms with Crippen molar-refractivity contribution in [3.05, 3.63) is 41.0 Å². The zero-order chi connectivity index (χ0) is 12.5. The van der Waals surface area contributed by atoms with Crippen LogP contribution < -0.4 is 5.73 Å². The summed E-state index contributed by atoms with van der Waals surface area (Å²) in [4.78, 5) is 7.95. The van der Waals surface area contributed by atoms with Crippen LogP contribution in [-0.2, 0) is 6.54 Å². The summed E-state index contributed by atoms with van der Waals surface area (Å²) in [5.74, 6) is 0.115. The highest BCUT2D eigenvalue weighted by molar-refractivity contribution is 6.33. The molecule has 0 amide bonds. The Bertz CT molecular complexity index is 693. The summed E-state index contributed by atoms with van der Waals surface area (Å²) in [6.45, 7) is 0.560.